The number of carbonyl (C=O) groups excluding carboxylic acids is 1. The van der Waals surface area contributed by atoms with Gasteiger partial charge in [0.25, 0.3) is 0 Å². The summed E-state index contributed by atoms with van der Waals surface area (Å²) in [4.78, 5) is 13.3. The summed E-state index contributed by atoms with van der Waals surface area (Å²) in [5.41, 5.74) is 3.32. The highest BCUT2D eigenvalue weighted by molar-refractivity contribution is 6.00. The van der Waals surface area contributed by atoms with Crippen LogP contribution in [-0.4, -0.2) is 25.5 Å². The van der Waals surface area contributed by atoms with Crippen LogP contribution in [0, 0.1) is 11.3 Å². The van der Waals surface area contributed by atoms with Crippen molar-refractivity contribution in [2.75, 3.05) is 18.5 Å². The Bertz CT molecular complexity index is 504. The van der Waals surface area contributed by atoms with Crippen LogP contribution < -0.4 is 10.2 Å². The molecule has 0 fully saturated rings. The van der Waals surface area contributed by atoms with Gasteiger partial charge in [0.05, 0.1) is 18.5 Å². The first-order valence-corrected chi connectivity index (χ1v) is 6.13. The lowest BCUT2D eigenvalue weighted by Crippen LogP contribution is -2.26. The zero-order chi connectivity index (χ0) is 13.1. The van der Waals surface area contributed by atoms with Crippen molar-refractivity contribution in [1.29, 1.82) is 5.26 Å². The number of benzene rings is 1. The van der Waals surface area contributed by atoms with E-state index in [-0.39, 0.29) is 11.9 Å². The second kappa shape index (κ2) is 5.19. The number of nitrogens with one attached hydrogen (secondary N) is 1. The first kappa shape index (κ1) is 12.6. The molecule has 1 unspecified atom stereocenters. The quantitative estimate of drug-likeness (QED) is 0.866. The van der Waals surface area contributed by atoms with E-state index in [1.807, 2.05) is 26.1 Å². The van der Waals surface area contributed by atoms with Crippen LogP contribution in [0.2, 0.25) is 0 Å². The Balaban J connectivity index is 1.99. The minimum absolute atomic E-state index is 0.118. The van der Waals surface area contributed by atoms with Crippen LogP contribution in [0.1, 0.15) is 18.1 Å². The molecule has 1 amide bonds. The average molecular weight is 243 g/mol. The Labute approximate surface area is 107 Å². The van der Waals surface area contributed by atoms with Crippen LogP contribution in [0.3, 0.4) is 0 Å². The van der Waals surface area contributed by atoms with Crippen molar-refractivity contribution in [3.63, 3.8) is 0 Å². The molecule has 1 aromatic rings. The van der Waals surface area contributed by atoms with E-state index < -0.39 is 0 Å². The number of anilines is 1. The Morgan fingerprint density at radius 2 is 2.33 bits per heavy atom. The molecule has 18 heavy (non-hydrogen) atoms. The van der Waals surface area contributed by atoms with Gasteiger partial charge >= 0.3 is 0 Å². The Kier molecular flexibility index (Phi) is 3.63. The average Bonchev–Trinajstić information content (AvgIpc) is 2.64. The van der Waals surface area contributed by atoms with E-state index >= 15 is 0 Å². The van der Waals surface area contributed by atoms with Gasteiger partial charge in [-0.2, -0.15) is 5.26 Å². The summed E-state index contributed by atoms with van der Waals surface area (Å²) in [5.74, 6) is 0.151. The van der Waals surface area contributed by atoms with Gasteiger partial charge in [0.1, 0.15) is 0 Å². The number of hydrogen-bond acceptors (Lipinski definition) is 3. The maximum Gasteiger partial charge on any atom is 0.231 e. The molecule has 0 radical (unpaired) electrons. The molecule has 1 aliphatic rings. The summed E-state index contributed by atoms with van der Waals surface area (Å²) in [6.45, 7) is 2.62. The largest absolute Gasteiger partial charge is 0.315 e. The zero-order valence-electron chi connectivity index (χ0n) is 10.7. The highest BCUT2D eigenvalue weighted by Gasteiger charge is 2.23. The van der Waals surface area contributed by atoms with E-state index in [9.17, 15) is 4.79 Å². The van der Waals surface area contributed by atoms with E-state index in [1.54, 1.807) is 4.90 Å². The fraction of sp³-hybridized carbons (Fsp3) is 0.429. The molecule has 1 atom stereocenters. The predicted octanol–water partition coefficient (Wildman–Crippen LogP) is 1.25. The molecule has 0 aliphatic carbocycles. The van der Waals surface area contributed by atoms with Gasteiger partial charge in [0.2, 0.25) is 5.91 Å². The third-order valence-corrected chi connectivity index (χ3v) is 3.28. The Morgan fingerprint density at radius 1 is 1.56 bits per heavy atom. The number of rotatable bonds is 4. The number of nitrogens with zero attached hydrogens (tertiary/aromatic N) is 2. The molecule has 94 valence electrons. The molecule has 2 rings (SSSR count). The molecule has 0 aromatic heterocycles. The zero-order valence-corrected chi connectivity index (χ0v) is 10.7. The molecule has 0 saturated heterocycles. The summed E-state index contributed by atoms with van der Waals surface area (Å²) in [7, 11) is 1.81. The lowest BCUT2D eigenvalue weighted by Gasteiger charge is -2.11. The summed E-state index contributed by atoms with van der Waals surface area (Å²) >= 11 is 0. The normalized spacial score (nSPS) is 15.4. The minimum atomic E-state index is -0.118. The third kappa shape index (κ3) is 2.52. The topological polar surface area (TPSA) is 56.1 Å². The van der Waals surface area contributed by atoms with Crippen LogP contribution >= 0.6 is 0 Å². The minimum Gasteiger partial charge on any atom is -0.315 e. The molecule has 1 aromatic carbocycles. The molecule has 0 spiro atoms. The Morgan fingerprint density at radius 3 is 3.06 bits per heavy atom. The van der Waals surface area contributed by atoms with Gasteiger partial charge in [-0.25, -0.2) is 0 Å². The van der Waals surface area contributed by atoms with E-state index in [2.05, 4.69) is 17.5 Å². The molecular weight excluding hydrogens is 226 g/mol. The molecule has 0 bridgehead atoms. The highest BCUT2D eigenvalue weighted by Crippen LogP contribution is 2.28. The number of carbonyl (C=O) groups is 1. The van der Waals surface area contributed by atoms with Crippen molar-refractivity contribution < 1.29 is 4.79 Å². The maximum absolute atomic E-state index is 11.6. The van der Waals surface area contributed by atoms with Crippen LogP contribution in [0.4, 0.5) is 5.69 Å². The number of amides is 1. The smallest absolute Gasteiger partial charge is 0.231 e. The van der Waals surface area contributed by atoms with Gasteiger partial charge in [-0.1, -0.05) is 12.1 Å². The molecule has 1 heterocycles. The second-order valence-corrected chi connectivity index (χ2v) is 4.65. The van der Waals surface area contributed by atoms with Crippen molar-refractivity contribution in [3.05, 3.63) is 29.3 Å². The fourth-order valence-corrected chi connectivity index (χ4v) is 2.16. The fourth-order valence-electron chi connectivity index (χ4n) is 2.16. The monoisotopic (exact) mass is 243 g/mol. The number of fused-ring (bicyclic) bond motifs is 1. The van der Waals surface area contributed by atoms with Crippen molar-refractivity contribution in [3.8, 4) is 6.07 Å². The summed E-state index contributed by atoms with van der Waals surface area (Å²) < 4.78 is 0. The Hall–Kier alpha value is -1.86. The molecule has 1 N–H and O–H groups in total. The van der Waals surface area contributed by atoms with E-state index in [0.29, 0.717) is 6.42 Å². The molecule has 4 nitrogen and oxygen atoms in total. The van der Waals surface area contributed by atoms with Crippen LogP contribution in [0.5, 0.6) is 0 Å². The van der Waals surface area contributed by atoms with Gasteiger partial charge in [-0.15, -0.1) is 0 Å². The SMILES string of the molecule is CC(C#N)NCCc1ccc2c(c1)CC(=O)N2C. The van der Waals surface area contributed by atoms with Crippen LogP contribution in [0.25, 0.3) is 0 Å². The summed E-state index contributed by atoms with van der Waals surface area (Å²) in [6, 6.07) is 8.17. The summed E-state index contributed by atoms with van der Waals surface area (Å²) in [5, 5.41) is 11.8. The van der Waals surface area contributed by atoms with Crippen LogP contribution in [0.15, 0.2) is 18.2 Å². The van der Waals surface area contributed by atoms with Crippen molar-refractivity contribution in [2.24, 2.45) is 0 Å². The number of hydrogen-bond donors (Lipinski definition) is 1. The summed E-state index contributed by atoms with van der Waals surface area (Å²) in [6.07, 6.45) is 1.37. The third-order valence-electron chi connectivity index (χ3n) is 3.28. The van der Waals surface area contributed by atoms with Gasteiger partial charge in [0.15, 0.2) is 0 Å². The van der Waals surface area contributed by atoms with Gasteiger partial charge in [0, 0.05) is 19.3 Å². The lowest BCUT2D eigenvalue weighted by atomic mass is 10.1. The van der Waals surface area contributed by atoms with E-state index in [4.69, 9.17) is 5.26 Å². The standard InChI is InChI=1S/C14H17N3O/c1-10(9-15)16-6-5-11-3-4-13-12(7-11)8-14(18)17(13)2/h3-4,7,10,16H,5-6,8H2,1-2H3. The van der Waals surface area contributed by atoms with Gasteiger partial charge in [-0.3, -0.25) is 4.79 Å². The van der Waals surface area contributed by atoms with Gasteiger partial charge in [-0.05, 0) is 30.5 Å². The first-order chi connectivity index (χ1) is 8.61. The van der Waals surface area contributed by atoms with Gasteiger partial charge < -0.3 is 10.2 Å². The van der Waals surface area contributed by atoms with Crippen LogP contribution in [-0.2, 0) is 17.6 Å². The van der Waals surface area contributed by atoms with E-state index in [1.165, 1.54) is 5.56 Å². The predicted molar refractivity (Wildman–Crippen MR) is 70.3 cm³/mol. The van der Waals surface area contributed by atoms with Crippen molar-refractivity contribution >= 4 is 11.6 Å². The molecular formula is C14H17N3O. The highest BCUT2D eigenvalue weighted by atomic mass is 16.2. The lowest BCUT2D eigenvalue weighted by molar-refractivity contribution is -0.117. The van der Waals surface area contributed by atoms with Crippen molar-refractivity contribution in [1.82, 2.24) is 5.32 Å². The second-order valence-electron chi connectivity index (χ2n) is 4.65. The number of likely N-dealkylation sites (N-methyl/N-ethyl adjacent to an activating group) is 1. The molecule has 4 heteroatoms. The number of nitriles is 1. The molecule has 1 aliphatic heterocycles. The van der Waals surface area contributed by atoms with E-state index in [0.717, 1.165) is 24.2 Å². The van der Waals surface area contributed by atoms with Crippen molar-refractivity contribution in [2.45, 2.75) is 25.8 Å². The maximum atomic E-state index is 11.6. The molecule has 0 saturated carbocycles. The first-order valence-electron chi connectivity index (χ1n) is 6.13.